The normalized spacial score (nSPS) is 22.7. The van der Waals surface area contributed by atoms with E-state index in [0.717, 1.165) is 12.8 Å². The van der Waals surface area contributed by atoms with E-state index in [2.05, 4.69) is 4.98 Å². The van der Waals surface area contributed by atoms with Gasteiger partial charge in [-0.1, -0.05) is 0 Å². The van der Waals surface area contributed by atoms with Crippen LogP contribution in [0.5, 0.6) is 0 Å². The second-order valence-corrected chi connectivity index (χ2v) is 7.32. The van der Waals surface area contributed by atoms with Crippen LogP contribution in [0, 0.1) is 5.92 Å². The molecule has 6 heteroatoms. The van der Waals surface area contributed by atoms with Crippen molar-refractivity contribution in [1.29, 1.82) is 0 Å². The molecule has 1 aliphatic carbocycles. The topological polar surface area (TPSA) is 70.5 Å². The summed E-state index contributed by atoms with van der Waals surface area (Å²) in [4.78, 5) is 6.23. The third kappa shape index (κ3) is 1.89. The third-order valence-electron chi connectivity index (χ3n) is 3.72. The molecular weight excluding hydrogens is 252 g/mol. The van der Waals surface area contributed by atoms with E-state index in [9.17, 15) is 13.5 Å². The fourth-order valence-corrected chi connectivity index (χ4v) is 3.39. The van der Waals surface area contributed by atoms with Crippen molar-refractivity contribution in [2.45, 2.75) is 23.3 Å². The quantitative estimate of drug-likeness (QED) is 0.861. The molecule has 1 saturated carbocycles. The highest BCUT2D eigenvalue weighted by molar-refractivity contribution is 7.90. The molecule has 98 valence electrons. The van der Waals surface area contributed by atoms with Gasteiger partial charge < -0.3 is 10.0 Å². The molecule has 2 fully saturated rings. The van der Waals surface area contributed by atoms with Crippen LogP contribution in [0.3, 0.4) is 0 Å². The van der Waals surface area contributed by atoms with Crippen molar-refractivity contribution >= 4 is 15.7 Å². The number of sulfone groups is 1. The number of hydrogen-bond donors (Lipinski definition) is 1. The summed E-state index contributed by atoms with van der Waals surface area (Å²) < 4.78 is 23.4. The van der Waals surface area contributed by atoms with Gasteiger partial charge in [0.25, 0.3) is 0 Å². The number of pyridine rings is 1. The highest BCUT2D eigenvalue weighted by Crippen LogP contribution is 2.46. The van der Waals surface area contributed by atoms with Gasteiger partial charge in [-0.15, -0.1) is 0 Å². The van der Waals surface area contributed by atoms with E-state index in [0.29, 0.717) is 24.8 Å². The zero-order valence-electron chi connectivity index (χ0n) is 10.2. The molecule has 18 heavy (non-hydrogen) atoms. The molecule has 2 aliphatic rings. The number of β-amino-alcohol motifs (C(OH)–C–C–N with tert-alkyl or cyclic N) is 1. The van der Waals surface area contributed by atoms with Crippen molar-refractivity contribution in [1.82, 2.24) is 4.98 Å². The van der Waals surface area contributed by atoms with Gasteiger partial charge in [0.2, 0.25) is 0 Å². The van der Waals surface area contributed by atoms with Crippen LogP contribution in [0.1, 0.15) is 12.8 Å². The molecule has 1 aliphatic heterocycles. The first-order chi connectivity index (χ1) is 8.40. The zero-order valence-corrected chi connectivity index (χ0v) is 11.0. The summed E-state index contributed by atoms with van der Waals surface area (Å²) in [6.07, 6.45) is 4.91. The number of aromatic nitrogens is 1. The molecule has 1 aromatic rings. The maximum atomic E-state index is 11.7. The van der Waals surface area contributed by atoms with Gasteiger partial charge in [0.05, 0.1) is 13.1 Å². The summed E-state index contributed by atoms with van der Waals surface area (Å²) in [5, 5.41) is 10.3. The lowest BCUT2D eigenvalue weighted by Gasteiger charge is -2.48. The van der Waals surface area contributed by atoms with Crippen molar-refractivity contribution in [2.24, 2.45) is 5.92 Å². The van der Waals surface area contributed by atoms with Gasteiger partial charge >= 0.3 is 0 Å². The Kier molecular flexibility index (Phi) is 2.44. The lowest BCUT2D eigenvalue weighted by Crippen LogP contribution is -2.63. The monoisotopic (exact) mass is 268 g/mol. The van der Waals surface area contributed by atoms with Gasteiger partial charge in [-0.3, -0.25) is 0 Å². The van der Waals surface area contributed by atoms with Crippen LogP contribution in [0.2, 0.25) is 0 Å². The van der Waals surface area contributed by atoms with E-state index >= 15 is 0 Å². The number of rotatable bonds is 3. The summed E-state index contributed by atoms with van der Waals surface area (Å²) in [7, 11) is -3.28. The van der Waals surface area contributed by atoms with Crippen LogP contribution < -0.4 is 4.90 Å². The summed E-state index contributed by atoms with van der Waals surface area (Å²) in [6, 6.07) is 3.18. The SMILES string of the molecule is CS(=O)(=O)c1cccnc1N1CC(O)(C2CC2)C1. The molecule has 2 heterocycles. The minimum atomic E-state index is -3.28. The van der Waals surface area contributed by atoms with Gasteiger partial charge in [-0.2, -0.15) is 0 Å². The molecule has 0 aromatic carbocycles. The second-order valence-electron chi connectivity index (χ2n) is 5.33. The molecule has 0 spiro atoms. The van der Waals surface area contributed by atoms with E-state index < -0.39 is 15.4 Å². The van der Waals surface area contributed by atoms with Crippen molar-refractivity contribution < 1.29 is 13.5 Å². The maximum Gasteiger partial charge on any atom is 0.179 e. The molecule has 0 unspecified atom stereocenters. The van der Waals surface area contributed by atoms with Gasteiger partial charge in [0.1, 0.15) is 16.3 Å². The van der Waals surface area contributed by atoms with E-state index in [4.69, 9.17) is 0 Å². The molecule has 3 rings (SSSR count). The first kappa shape index (κ1) is 11.9. The first-order valence-electron chi connectivity index (χ1n) is 6.02. The second kappa shape index (κ2) is 3.68. The van der Waals surface area contributed by atoms with Crippen molar-refractivity contribution in [3.63, 3.8) is 0 Å². The summed E-state index contributed by atoms with van der Waals surface area (Å²) >= 11 is 0. The Labute approximate surface area is 106 Å². The van der Waals surface area contributed by atoms with Crippen LogP contribution >= 0.6 is 0 Å². The standard InChI is InChI=1S/C12H16N2O3S/c1-18(16,17)10-3-2-6-13-11(10)14-7-12(15,8-14)9-4-5-9/h2-3,6,9,15H,4-5,7-8H2,1H3. The Balaban J connectivity index is 1.86. The van der Waals surface area contributed by atoms with Crippen molar-refractivity contribution in [3.8, 4) is 0 Å². The Morgan fingerprint density at radius 2 is 2.11 bits per heavy atom. The van der Waals surface area contributed by atoms with Gasteiger partial charge in [-0.05, 0) is 30.9 Å². The van der Waals surface area contributed by atoms with Gasteiger partial charge in [0.15, 0.2) is 9.84 Å². The minimum Gasteiger partial charge on any atom is -0.386 e. The first-order valence-corrected chi connectivity index (χ1v) is 7.92. The summed E-state index contributed by atoms with van der Waals surface area (Å²) in [5.74, 6) is 0.851. The molecule has 0 radical (unpaired) electrons. The Morgan fingerprint density at radius 3 is 2.67 bits per heavy atom. The van der Waals surface area contributed by atoms with Gasteiger partial charge in [0, 0.05) is 12.5 Å². The van der Waals surface area contributed by atoms with E-state index in [-0.39, 0.29) is 4.90 Å². The smallest absolute Gasteiger partial charge is 0.179 e. The predicted octanol–water partition coefficient (Wildman–Crippen LogP) is 0.446. The highest BCUT2D eigenvalue weighted by Gasteiger charge is 2.52. The molecule has 1 aromatic heterocycles. The largest absolute Gasteiger partial charge is 0.386 e. The van der Waals surface area contributed by atoms with Crippen LogP contribution in [-0.2, 0) is 9.84 Å². The molecule has 0 amide bonds. The van der Waals surface area contributed by atoms with Crippen molar-refractivity contribution in [3.05, 3.63) is 18.3 Å². The predicted molar refractivity (Wildman–Crippen MR) is 67.2 cm³/mol. The van der Waals surface area contributed by atoms with Crippen LogP contribution in [-0.4, -0.2) is 43.5 Å². The number of nitrogens with zero attached hydrogens (tertiary/aromatic N) is 2. The fourth-order valence-electron chi connectivity index (χ4n) is 2.55. The van der Waals surface area contributed by atoms with Gasteiger partial charge in [-0.25, -0.2) is 13.4 Å². The van der Waals surface area contributed by atoms with E-state index in [1.165, 1.54) is 6.26 Å². The lowest BCUT2D eigenvalue weighted by molar-refractivity contribution is -0.0100. The Hall–Kier alpha value is -1.14. The fraction of sp³-hybridized carbons (Fsp3) is 0.583. The molecule has 0 bridgehead atoms. The third-order valence-corrected chi connectivity index (χ3v) is 4.83. The summed E-state index contributed by atoms with van der Waals surface area (Å²) in [6.45, 7) is 0.967. The van der Waals surface area contributed by atoms with Crippen LogP contribution in [0.4, 0.5) is 5.82 Å². The molecular formula is C12H16N2O3S. The van der Waals surface area contributed by atoms with E-state index in [1.54, 1.807) is 18.3 Å². The average molecular weight is 268 g/mol. The number of aliphatic hydroxyl groups is 1. The van der Waals surface area contributed by atoms with E-state index in [1.807, 2.05) is 4.90 Å². The molecule has 0 atom stereocenters. The lowest BCUT2D eigenvalue weighted by atomic mass is 9.89. The van der Waals surface area contributed by atoms with Crippen molar-refractivity contribution in [2.75, 3.05) is 24.2 Å². The van der Waals surface area contributed by atoms with Crippen LogP contribution in [0.15, 0.2) is 23.2 Å². The average Bonchev–Trinajstić information content (AvgIpc) is 3.07. The van der Waals surface area contributed by atoms with Crippen LogP contribution in [0.25, 0.3) is 0 Å². The molecule has 1 N–H and O–H groups in total. The Morgan fingerprint density at radius 1 is 1.44 bits per heavy atom. The number of hydrogen-bond acceptors (Lipinski definition) is 5. The highest BCUT2D eigenvalue weighted by atomic mass is 32.2. The maximum absolute atomic E-state index is 11.7. The molecule has 1 saturated heterocycles. The minimum absolute atomic E-state index is 0.239. The molecule has 5 nitrogen and oxygen atoms in total. The zero-order chi connectivity index (χ0) is 13.0. The number of anilines is 1. The Bertz CT molecular complexity index is 575. The summed E-state index contributed by atoms with van der Waals surface area (Å²) in [5.41, 5.74) is -0.633.